The van der Waals surface area contributed by atoms with Crippen LogP contribution in [0.4, 0.5) is 0 Å². The first-order valence-electron chi connectivity index (χ1n) is 27.0. The molecular formula is C72H37N3O4S. The van der Waals surface area contributed by atoms with E-state index in [1.807, 2.05) is 29.5 Å². The van der Waals surface area contributed by atoms with E-state index < -0.39 is 0 Å². The molecule has 0 aliphatic heterocycles. The minimum Gasteiger partial charge on any atom is -0.456 e. The zero-order valence-electron chi connectivity index (χ0n) is 42.2. The zero-order chi connectivity index (χ0) is 51.6. The maximum absolute atomic E-state index is 7.25. The van der Waals surface area contributed by atoms with Crippen LogP contribution in [0.15, 0.2) is 242 Å². The van der Waals surface area contributed by atoms with Crippen LogP contribution in [0.2, 0.25) is 0 Å². The van der Waals surface area contributed by atoms with Crippen LogP contribution in [0.1, 0.15) is 0 Å². The van der Waals surface area contributed by atoms with Gasteiger partial charge in [-0.2, -0.15) is 0 Å². The molecule has 0 spiro atoms. The number of hydrogen-bond donors (Lipinski definition) is 0. The van der Waals surface area contributed by atoms with Crippen molar-refractivity contribution >= 4 is 185 Å². The van der Waals surface area contributed by atoms with Crippen LogP contribution in [0, 0.1) is 0 Å². The van der Waals surface area contributed by atoms with Crippen molar-refractivity contribution in [1.29, 1.82) is 0 Å². The van der Waals surface area contributed by atoms with Crippen LogP contribution < -0.4 is 0 Å². The molecule has 0 bridgehead atoms. The van der Waals surface area contributed by atoms with Gasteiger partial charge in [-0.15, -0.1) is 11.3 Å². The maximum atomic E-state index is 7.25. The highest BCUT2D eigenvalue weighted by Gasteiger charge is 2.25. The largest absolute Gasteiger partial charge is 0.456 e. The summed E-state index contributed by atoms with van der Waals surface area (Å²) >= 11 is 1.88. The zero-order valence-corrected chi connectivity index (χ0v) is 43.1. The van der Waals surface area contributed by atoms with Gasteiger partial charge in [0.25, 0.3) is 0 Å². The van der Waals surface area contributed by atoms with Crippen LogP contribution in [0.25, 0.3) is 190 Å². The van der Waals surface area contributed by atoms with Gasteiger partial charge in [0.1, 0.15) is 44.7 Å². The van der Waals surface area contributed by atoms with E-state index in [1.165, 1.54) is 52.8 Å². The van der Waals surface area contributed by atoms with Crippen LogP contribution in [0.3, 0.4) is 0 Å². The molecule has 12 aromatic carbocycles. The fourth-order valence-electron chi connectivity index (χ4n) is 14.1. The molecule has 20 rings (SSSR count). The van der Waals surface area contributed by atoms with E-state index in [2.05, 4.69) is 220 Å². The summed E-state index contributed by atoms with van der Waals surface area (Å²) in [6.07, 6.45) is 0. The second-order valence-electron chi connectivity index (χ2n) is 21.4. The molecule has 7 nitrogen and oxygen atoms in total. The van der Waals surface area contributed by atoms with Gasteiger partial charge in [0.15, 0.2) is 0 Å². The molecule has 0 radical (unpaired) electrons. The molecule has 0 aliphatic rings. The van der Waals surface area contributed by atoms with E-state index in [9.17, 15) is 0 Å². The topological polar surface area (TPSA) is 67.3 Å². The third-order valence-electron chi connectivity index (χ3n) is 17.4. The highest BCUT2D eigenvalue weighted by atomic mass is 32.1. The standard InChI is InChI=1S/C72H37N3O4S/c1-6-16-53-41(11-1)43-26-33-62-67(48-14-3-8-18-58(48)76-62)69(43)75(53)40-21-28-55-52(37-40)65-56(74(55)39-23-32-61-51(36-39)45-27-34-63-68(71(45)79-61)49-15-4-9-19-59(49)77-63)29-24-44-50-35-38(22-31-60(50)78-70(44)65)73-54-17-7-2-13-47(54)66-57(73)30-25-46-42-12-5-10-20-64(42)80-72(46)66/h1-37H. The number of benzene rings is 12. The molecule has 0 N–H and O–H groups in total. The quantitative estimate of drug-likeness (QED) is 0.177. The summed E-state index contributed by atoms with van der Waals surface area (Å²) in [5.41, 5.74) is 16.6. The number of para-hydroxylation sites is 4. The number of furan rings is 4. The first kappa shape index (κ1) is 41.6. The Labute approximate surface area is 455 Å². The van der Waals surface area contributed by atoms with Gasteiger partial charge >= 0.3 is 0 Å². The van der Waals surface area contributed by atoms with Crippen molar-refractivity contribution in [3.63, 3.8) is 0 Å². The number of hydrogen-bond acceptors (Lipinski definition) is 5. The Morgan fingerprint density at radius 3 is 1.44 bits per heavy atom. The van der Waals surface area contributed by atoms with Gasteiger partial charge in [-0.05, 0) is 127 Å². The Kier molecular flexibility index (Phi) is 7.66. The summed E-state index contributed by atoms with van der Waals surface area (Å²) in [4.78, 5) is 0. The van der Waals surface area contributed by atoms with E-state index >= 15 is 0 Å². The molecule has 0 unspecified atom stereocenters. The molecule has 80 heavy (non-hydrogen) atoms. The minimum atomic E-state index is 0.812. The number of rotatable bonds is 3. The molecule has 0 fully saturated rings. The van der Waals surface area contributed by atoms with E-state index in [4.69, 9.17) is 17.7 Å². The van der Waals surface area contributed by atoms with Crippen LogP contribution in [0.5, 0.6) is 0 Å². The third kappa shape index (κ3) is 5.20. The molecule has 8 heteroatoms. The summed E-state index contributed by atoms with van der Waals surface area (Å²) in [5, 5.41) is 18.1. The fourth-order valence-corrected chi connectivity index (χ4v) is 15.3. The highest BCUT2D eigenvalue weighted by Crippen LogP contribution is 2.48. The van der Waals surface area contributed by atoms with Gasteiger partial charge < -0.3 is 31.4 Å². The summed E-state index contributed by atoms with van der Waals surface area (Å²) in [7, 11) is 0. The molecule has 0 saturated carbocycles. The van der Waals surface area contributed by atoms with Gasteiger partial charge in [0.2, 0.25) is 0 Å². The Hall–Kier alpha value is -10.5. The number of nitrogens with zero attached hydrogens (tertiary/aromatic N) is 3. The van der Waals surface area contributed by atoms with Crippen molar-refractivity contribution in [1.82, 2.24) is 13.7 Å². The fraction of sp³-hybridized carbons (Fsp3) is 0. The van der Waals surface area contributed by atoms with Gasteiger partial charge in [-0.3, -0.25) is 0 Å². The van der Waals surface area contributed by atoms with Crippen LogP contribution in [-0.2, 0) is 0 Å². The molecule has 8 aromatic heterocycles. The average molecular weight is 1040 g/mol. The first-order valence-corrected chi connectivity index (χ1v) is 27.9. The Bertz CT molecular complexity index is 6180. The second-order valence-corrected chi connectivity index (χ2v) is 22.5. The van der Waals surface area contributed by atoms with Crippen LogP contribution >= 0.6 is 11.3 Å². The maximum Gasteiger partial charge on any atom is 0.147 e. The molecule has 20 aromatic rings. The molecule has 0 aliphatic carbocycles. The van der Waals surface area contributed by atoms with Crippen molar-refractivity contribution in [3.05, 3.63) is 224 Å². The number of aromatic nitrogens is 3. The predicted molar refractivity (Wildman–Crippen MR) is 331 cm³/mol. The highest BCUT2D eigenvalue weighted by molar-refractivity contribution is 7.26. The van der Waals surface area contributed by atoms with E-state index in [0.29, 0.717) is 0 Å². The van der Waals surface area contributed by atoms with Crippen molar-refractivity contribution in [2.45, 2.75) is 0 Å². The van der Waals surface area contributed by atoms with Gasteiger partial charge in [-0.25, -0.2) is 0 Å². The van der Waals surface area contributed by atoms with E-state index in [1.54, 1.807) is 0 Å². The predicted octanol–water partition coefficient (Wildman–Crippen LogP) is 20.9. The van der Waals surface area contributed by atoms with Gasteiger partial charge in [0.05, 0.1) is 49.3 Å². The first-order chi connectivity index (χ1) is 39.7. The molecule has 0 atom stereocenters. The molecule has 8 heterocycles. The van der Waals surface area contributed by atoms with Crippen molar-refractivity contribution in [2.24, 2.45) is 0 Å². The Balaban J connectivity index is 0.865. The second kappa shape index (κ2) is 14.7. The van der Waals surface area contributed by atoms with Crippen molar-refractivity contribution in [3.8, 4) is 17.1 Å². The van der Waals surface area contributed by atoms with Crippen molar-refractivity contribution in [2.75, 3.05) is 0 Å². The Morgan fingerprint density at radius 2 is 0.713 bits per heavy atom. The summed E-state index contributed by atoms with van der Waals surface area (Å²) in [6.45, 7) is 0. The molecule has 0 saturated heterocycles. The van der Waals surface area contributed by atoms with Gasteiger partial charge in [0, 0.05) is 96.5 Å². The summed E-state index contributed by atoms with van der Waals surface area (Å²) in [5.74, 6) is 0. The number of thiophene rings is 1. The van der Waals surface area contributed by atoms with Gasteiger partial charge in [-0.1, -0.05) is 97.1 Å². The molecular weight excluding hydrogens is 1000 g/mol. The van der Waals surface area contributed by atoms with Crippen molar-refractivity contribution < 1.29 is 17.7 Å². The molecule has 370 valence electrons. The lowest BCUT2D eigenvalue weighted by Crippen LogP contribution is -1.96. The summed E-state index contributed by atoms with van der Waals surface area (Å²) in [6, 6.07) is 80.9. The lowest BCUT2D eigenvalue weighted by molar-refractivity contribution is 0.662. The SMILES string of the molecule is c1ccc2c(c1)oc1ccc3c4cc(-n5c6ccc(-n7c8ccccc8c8ccc9oc%10ccccc%10c9c87)cc6c6c7oc8ccc(-n9c%10ccccc%10c%10c%11sc%12ccccc%12c%11ccc%109)cc8c7ccc65)ccc4oc3c12. The third-order valence-corrected chi connectivity index (χ3v) is 18.6. The molecule has 0 amide bonds. The van der Waals surface area contributed by atoms with Crippen LogP contribution in [-0.4, -0.2) is 13.7 Å². The normalized spacial score (nSPS) is 12.8. The smallest absolute Gasteiger partial charge is 0.147 e. The number of fused-ring (bicyclic) bond motifs is 28. The lowest BCUT2D eigenvalue weighted by Gasteiger charge is -2.11. The summed E-state index contributed by atoms with van der Waals surface area (Å²) < 4.78 is 36.8. The minimum absolute atomic E-state index is 0.812. The lowest BCUT2D eigenvalue weighted by atomic mass is 10.1. The van der Waals surface area contributed by atoms with E-state index in [0.717, 1.165) is 138 Å². The Morgan fingerprint density at radius 1 is 0.250 bits per heavy atom. The van der Waals surface area contributed by atoms with E-state index in [-0.39, 0.29) is 0 Å². The monoisotopic (exact) mass is 1040 g/mol. The average Bonchev–Trinajstić information content (AvgIpc) is 4.50.